The molecule has 1 N–H and O–H groups in total. The fourth-order valence-electron chi connectivity index (χ4n) is 1.73. The molecule has 0 radical (unpaired) electrons. The van der Waals surface area contributed by atoms with Gasteiger partial charge >= 0.3 is 0 Å². The molecule has 0 saturated carbocycles. The molecule has 108 valence electrons. The first-order chi connectivity index (χ1) is 8.69. The van der Waals surface area contributed by atoms with Crippen molar-refractivity contribution in [3.8, 4) is 0 Å². The summed E-state index contributed by atoms with van der Waals surface area (Å²) in [6.07, 6.45) is 0.581. The molecule has 0 spiro atoms. The van der Waals surface area contributed by atoms with Crippen LogP contribution in [0.15, 0.2) is 21.5 Å². The molecule has 1 aromatic rings. The van der Waals surface area contributed by atoms with E-state index in [-0.39, 0.29) is 16.4 Å². The van der Waals surface area contributed by atoms with Gasteiger partial charge in [0.05, 0.1) is 0 Å². The maximum absolute atomic E-state index is 13.7. The third-order valence-corrected chi connectivity index (χ3v) is 5.24. The van der Waals surface area contributed by atoms with Gasteiger partial charge in [-0.2, -0.15) is 0 Å². The fraction of sp³-hybridized carbons (Fsp3) is 0.500. The minimum atomic E-state index is -4.03. The molecule has 0 heterocycles. The van der Waals surface area contributed by atoms with Crippen molar-refractivity contribution in [2.75, 3.05) is 0 Å². The summed E-state index contributed by atoms with van der Waals surface area (Å²) in [6.45, 7) is 5.57. The van der Waals surface area contributed by atoms with Crippen LogP contribution in [0.1, 0.15) is 27.2 Å². The second-order valence-corrected chi connectivity index (χ2v) is 7.08. The van der Waals surface area contributed by atoms with E-state index in [1.807, 2.05) is 20.8 Å². The molecule has 1 unspecified atom stereocenters. The Morgan fingerprint density at radius 1 is 1.32 bits per heavy atom. The van der Waals surface area contributed by atoms with Gasteiger partial charge < -0.3 is 0 Å². The van der Waals surface area contributed by atoms with Crippen molar-refractivity contribution >= 4 is 26.0 Å². The SMILES string of the molecule is CCC(NS(=O)(=O)c1c(F)cc(F)cc1Br)C(C)C. The highest BCUT2D eigenvalue weighted by molar-refractivity contribution is 9.10. The molecule has 1 aromatic carbocycles. The Labute approximate surface area is 120 Å². The van der Waals surface area contributed by atoms with Gasteiger partial charge in [0.1, 0.15) is 16.5 Å². The molecule has 19 heavy (non-hydrogen) atoms. The van der Waals surface area contributed by atoms with Gasteiger partial charge in [0.25, 0.3) is 0 Å². The number of hydrogen-bond donors (Lipinski definition) is 1. The maximum atomic E-state index is 13.7. The molecule has 0 aliphatic heterocycles. The Hall–Kier alpha value is -0.530. The summed E-state index contributed by atoms with van der Waals surface area (Å²) in [5.41, 5.74) is 0. The van der Waals surface area contributed by atoms with Crippen LogP contribution in [0.4, 0.5) is 8.78 Å². The number of hydrogen-bond acceptors (Lipinski definition) is 2. The minimum Gasteiger partial charge on any atom is -0.208 e. The van der Waals surface area contributed by atoms with E-state index >= 15 is 0 Å². The average molecular weight is 356 g/mol. The third kappa shape index (κ3) is 3.97. The van der Waals surface area contributed by atoms with Gasteiger partial charge in [-0.25, -0.2) is 21.9 Å². The summed E-state index contributed by atoms with van der Waals surface area (Å²) in [7, 11) is -4.03. The highest BCUT2D eigenvalue weighted by Crippen LogP contribution is 2.26. The molecule has 0 fully saturated rings. The number of rotatable bonds is 5. The predicted octanol–water partition coefficient (Wildman–Crippen LogP) is 3.44. The Balaban J connectivity index is 3.21. The van der Waals surface area contributed by atoms with E-state index in [0.717, 1.165) is 6.07 Å². The molecular weight excluding hydrogens is 340 g/mol. The van der Waals surface area contributed by atoms with Crippen molar-refractivity contribution in [2.45, 2.75) is 38.1 Å². The molecule has 7 heteroatoms. The first-order valence-corrected chi connectivity index (χ1v) is 8.13. The van der Waals surface area contributed by atoms with Crippen LogP contribution in [-0.4, -0.2) is 14.5 Å². The lowest BCUT2D eigenvalue weighted by atomic mass is 10.0. The van der Waals surface area contributed by atoms with Crippen molar-refractivity contribution in [3.63, 3.8) is 0 Å². The summed E-state index contributed by atoms with van der Waals surface area (Å²) >= 11 is 2.88. The lowest BCUT2D eigenvalue weighted by molar-refractivity contribution is 0.435. The van der Waals surface area contributed by atoms with Crippen molar-refractivity contribution in [2.24, 2.45) is 5.92 Å². The molecule has 1 rings (SSSR count). The summed E-state index contributed by atoms with van der Waals surface area (Å²) in [6, 6.07) is 1.17. The van der Waals surface area contributed by atoms with Crippen LogP contribution in [0.25, 0.3) is 0 Å². The molecular formula is C12H16BrF2NO2S. The van der Waals surface area contributed by atoms with E-state index in [1.54, 1.807) is 0 Å². The zero-order chi connectivity index (χ0) is 14.8. The average Bonchev–Trinajstić information content (AvgIpc) is 2.23. The second kappa shape index (κ2) is 6.28. The topological polar surface area (TPSA) is 46.2 Å². The Bertz CT molecular complexity index is 538. The lowest BCUT2D eigenvalue weighted by Gasteiger charge is -2.21. The van der Waals surface area contributed by atoms with E-state index < -0.39 is 26.6 Å². The Morgan fingerprint density at radius 2 is 1.89 bits per heavy atom. The normalized spacial score (nSPS) is 13.8. The smallest absolute Gasteiger partial charge is 0.208 e. The van der Waals surface area contributed by atoms with Gasteiger partial charge in [0.15, 0.2) is 0 Å². The predicted molar refractivity (Wildman–Crippen MR) is 73.3 cm³/mol. The Morgan fingerprint density at radius 3 is 2.32 bits per heavy atom. The van der Waals surface area contributed by atoms with Gasteiger partial charge in [-0.15, -0.1) is 0 Å². The van der Waals surface area contributed by atoms with Gasteiger partial charge in [-0.05, 0) is 34.3 Å². The summed E-state index contributed by atoms with van der Waals surface area (Å²) in [4.78, 5) is -0.562. The van der Waals surface area contributed by atoms with E-state index in [2.05, 4.69) is 20.7 Å². The quantitative estimate of drug-likeness (QED) is 0.879. The largest absolute Gasteiger partial charge is 0.244 e. The third-order valence-electron chi connectivity index (χ3n) is 2.78. The first kappa shape index (κ1) is 16.5. The number of benzene rings is 1. The van der Waals surface area contributed by atoms with Crippen LogP contribution in [-0.2, 0) is 10.0 Å². The fourth-order valence-corrected chi connectivity index (χ4v) is 4.37. The molecule has 0 aromatic heterocycles. The molecule has 0 amide bonds. The van der Waals surface area contributed by atoms with Gasteiger partial charge in [-0.3, -0.25) is 0 Å². The maximum Gasteiger partial charge on any atom is 0.244 e. The van der Waals surface area contributed by atoms with Gasteiger partial charge in [0.2, 0.25) is 10.0 Å². The first-order valence-electron chi connectivity index (χ1n) is 5.86. The van der Waals surface area contributed by atoms with Crippen molar-refractivity contribution in [1.82, 2.24) is 4.72 Å². The zero-order valence-electron chi connectivity index (χ0n) is 10.9. The summed E-state index contributed by atoms with van der Waals surface area (Å²) < 4.78 is 53.3. The molecule has 0 bridgehead atoms. The van der Waals surface area contributed by atoms with Crippen LogP contribution in [0.5, 0.6) is 0 Å². The number of nitrogens with one attached hydrogen (secondary N) is 1. The van der Waals surface area contributed by atoms with Crippen LogP contribution in [0.2, 0.25) is 0 Å². The van der Waals surface area contributed by atoms with Crippen LogP contribution in [0, 0.1) is 17.6 Å². The summed E-state index contributed by atoms with van der Waals surface area (Å²) in [5.74, 6) is -1.88. The van der Waals surface area contributed by atoms with E-state index in [1.165, 1.54) is 0 Å². The molecule has 0 saturated heterocycles. The molecule has 3 nitrogen and oxygen atoms in total. The highest BCUT2D eigenvalue weighted by Gasteiger charge is 2.27. The highest BCUT2D eigenvalue weighted by atomic mass is 79.9. The van der Waals surface area contributed by atoms with Gasteiger partial charge in [-0.1, -0.05) is 20.8 Å². The molecule has 0 aliphatic carbocycles. The lowest BCUT2D eigenvalue weighted by Crippen LogP contribution is -2.38. The van der Waals surface area contributed by atoms with E-state index in [9.17, 15) is 17.2 Å². The van der Waals surface area contributed by atoms with Crippen LogP contribution in [0.3, 0.4) is 0 Å². The van der Waals surface area contributed by atoms with Crippen molar-refractivity contribution in [3.05, 3.63) is 28.2 Å². The van der Waals surface area contributed by atoms with Crippen molar-refractivity contribution < 1.29 is 17.2 Å². The number of sulfonamides is 1. The second-order valence-electron chi connectivity index (χ2n) is 4.58. The molecule has 1 atom stereocenters. The van der Waals surface area contributed by atoms with Crippen LogP contribution >= 0.6 is 15.9 Å². The van der Waals surface area contributed by atoms with Crippen LogP contribution < -0.4 is 4.72 Å². The molecule has 0 aliphatic rings. The zero-order valence-corrected chi connectivity index (χ0v) is 13.3. The van der Waals surface area contributed by atoms with E-state index in [4.69, 9.17) is 0 Å². The number of halogens is 3. The van der Waals surface area contributed by atoms with Gasteiger partial charge in [0, 0.05) is 16.6 Å². The Kier molecular flexibility index (Phi) is 5.46. The summed E-state index contributed by atoms with van der Waals surface area (Å²) in [5, 5.41) is 0. The standard InChI is InChI=1S/C12H16BrF2NO2S/c1-4-11(7(2)3)16-19(17,18)12-9(13)5-8(14)6-10(12)15/h5-7,11,16H,4H2,1-3H3. The minimum absolute atomic E-state index is 0.0714. The van der Waals surface area contributed by atoms with E-state index in [0.29, 0.717) is 12.5 Å². The monoisotopic (exact) mass is 355 g/mol. The van der Waals surface area contributed by atoms with Crippen molar-refractivity contribution in [1.29, 1.82) is 0 Å².